The number of isocyanates is 1. The molecule has 1 heterocycles. The van der Waals surface area contributed by atoms with Crippen molar-refractivity contribution >= 4 is 22.5 Å². The molecule has 0 aliphatic heterocycles. The van der Waals surface area contributed by atoms with Crippen molar-refractivity contribution in [3.05, 3.63) is 5.01 Å². The second kappa shape index (κ2) is 3.74. The maximum Gasteiger partial charge on any atom is 0.242 e. The van der Waals surface area contributed by atoms with Crippen LogP contribution in [0.1, 0.15) is 18.9 Å². The number of methoxy groups -OCH3 is 1. The summed E-state index contributed by atoms with van der Waals surface area (Å²) in [7, 11) is 1.59. The van der Waals surface area contributed by atoms with Crippen LogP contribution < -0.4 is 0 Å². The minimum absolute atomic E-state index is 0.301. The zero-order valence-corrected chi connectivity index (χ0v) is 8.38. The van der Waals surface area contributed by atoms with Crippen LogP contribution in [0, 0.1) is 0 Å². The van der Waals surface area contributed by atoms with Crippen LogP contribution in [0.4, 0.5) is 5.13 Å². The van der Waals surface area contributed by atoms with Crippen LogP contribution in [-0.4, -0.2) is 23.4 Å². The van der Waals surface area contributed by atoms with Gasteiger partial charge in [0.25, 0.3) is 0 Å². The van der Waals surface area contributed by atoms with E-state index >= 15 is 0 Å². The van der Waals surface area contributed by atoms with E-state index in [0.29, 0.717) is 10.1 Å². The van der Waals surface area contributed by atoms with Crippen molar-refractivity contribution in [2.75, 3.05) is 7.11 Å². The third kappa shape index (κ3) is 2.18. The molecule has 0 fully saturated rings. The number of hydrogen-bond acceptors (Lipinski definition) is 6. The highest BCUT2D eigenvalue weighted by Crippen LogP contribution is 2.29. The Bertz CT molecular complexity index is 341. The molecule has 5 nitrogen and oxygen atoms in total. The minimum atomic E-state index is -0.492. The monoisotopic (exact) mass is 199 g/mol. The van der Waals surface area contributed by atoms with Gasteiger partial charge in [-0.1, -0.05) is 11.3 Å². The molecule has 6 heteroatoms. The van der Waals surface area contributed by atoms with Crippen molar-refractivity contribution in [3.63, 3.8) is 0 Å². The maximum atomic E-state index is 9.92. The van der Waals surface area contributed by atoms with Gasteiger partial charge in [0.2, 0.25) is 11.2 Å². The molecule has 0 radical (unpaired) electrons. The number of ether oxygens (including phenoxy) is 1. The summed E-state index contributed by atoms with van der Waals surface area (Å²) in [5.74, 6) is 0. The standard InChI is InChI=1S/C7H9N3O2S/c1-7(2,12-3)5-9-10-6(13-5)8-4-11/h1-3H3. The van der Waals surface area contributed by atoms with Crippen LogP contribution >= 0.6 is 11.3 Å². The molecule has 0 saturated carbocycles. The summed E-state index contributed by atoms with van der Waals surface area (Å²) in [4.78, 5) is 13.3. The lowest BCUT2D eigenvalue weighted by molar-refractivity contribution is 0.0185. The van der Waals surface area contributed by atoms with Crippen molar-refractivity contribution in [3.8, 4) is 0 Å². The van der Waals surface area contributed by atoms with Crippen molar-refractivity contribution in [1.29, 1.82) is 0 Å². The molecule has 0 bridgehead atoms. The first-order valence-electron chi connectivity index (χ1n) is 3.57. The molecule has 0 aliphatic carbocycles. The van der Waals surface area contributed by atoms with Gasteiger partial charge in [-0.15, -0.1) is 15.2 Å². The largest absolute Gasteiger partial charge is 0.372 e. The van der Waals surface area contributed by atoms with Gasteiger partial charge in [0.1, 0.15) is 5.60 Å². The zero-order chi connectivity index (χ0) is 9.90. The first kappa shape index (κ1) is 9.98. The minimum Gasteiger partial charge on any atom is -0.372 e. The van der Waals surface area contributed by atoms with E-state index in [4.69, 9.17) is 4.74 Å². The van der Waals surface area contributed by atoms with Crippen LogP contribution in [0.15, 0.2) is 4.99 Å². The first-order chi connectivity index (χ1) is 6.10. The number of nitrogens with zero attached hydrogens (tertiary/aromatic N) is 3. The fourth-order valence-corrected chi connectivity index (χ4v) is 1.38. The van der Waals surface area contributed by atoms with Gasteiger partial charge in [0.15, 0.2) is 5.01 Å². The molecule has 0 atom stereocenters. The second-order valence-corrected chi connectivity index (χ2v) is 3.76. The molecule has 0 aliphatic rings. The topological polar surface area (TPSA) is 64.4 Å². The molecule has 70 valence electrons. The Hall–Kier alpha value is -1.10. The molecule has 0 amide bonds. The van der Waals surface area contributed by atoms with Crippen LogP contribution in [-0.2, 0) is 15.1 Å². The molecule has 0 saturated heterocycles. The molecule has 13 heavy (non-hydrogen) atoms. The average molecular weight is 199 g/mol. The molecular formula is C7H9N3O2S. The lowest BCUT2D eigenvalue weighted by atomic mass is 10.1. The molecule has 0 unspecified atom stereocenters. The van der Waals surface area contributed by atoms with E-state index in [2.05, 4.69) is 15.2 Å². The van der Waals surface area contributed by atoms with Gasteiger partial charge in [-0.2, -0.15) is 0 Å². The van der Waals surface area contributed by atoms with Gasteiger partial charge in [-0.3, -0.25) is 0 Å². The van der Waals surface area contributed by atoms with Crippen LogP contribution in [0.25, 0.3) is 0 Å². The number of rotatable bonds is 3. The maximum absolute atomic E-state index is 9.92. The van der Waals surface area contributed by atoms with Crippen LogP contribution in [0.5, 0.6) is 0 Å². The molecule has 0 aromatic carbocycles. The Balaban J connectivity index is 2.97. The highest BCUT2D eigenvalue weighted by molar-refractivity contribution is 7.15. The van der Waals surface area contributed by atoms with Crippen LogP contribution in [0.3, 0.4) is 0 Å². The van der Waals surface area contributed by atoms with E-state index < -0.39 is 5.60 Å². The summed E-state index contributed by atoms with van der Waals surface area (Å²) in [5.41, 5.74) is -0.492. The third-order valence-corrected chi connectivity index (χ3v) is 2.70. The predicted molar refractivity (Wildman–Crippen MR) is 47.7 cm³/mol. The molecule has 1 rings (SSSR count). The fourth-order valence-electron chi connectivity index (χ4n) is 0.630. The Morgan fingerprint density at radius 3 is 2.77 bits per heavy atom. The molecule has 0 spiro atoms. The quantitative estimate of drug-likeness (QED) is 0.545. The van der Waals surface area contributed by atoms with E-state index in [-0.39, 0.29) is 0 Å². The summed E-state index contributed by atoms with van der Waals surface area (Å²) < 4.78 is 5.18. The second-order valence-electron chi connectivity index (χ2n) is 2.81. The Morgan fingerprint density at radius 2 is 2.23 bits per heavy atom. The Morgan fingerprint density at radius 1 is 1.54 bits per heavy atom. The van der Waals surface area contributed by atoms with Gasteiger partial charge < -0.3 is 4.74 Å². The van der Waals surface area contributed by atoms with E-state index in [1.165, 1.54) is 17.4 Å². The predicted octanol–water partition coefficient (Wildman–Crippen LogP) is 1.39. The number of aromatic nitrogens is 2. The van der Waals surface area contributed by atoms with Crippen molar-refractivity contribution in [1.82, 2.24) is 10.2 Å². The van der Waals surface area contributed by atoms with Gasteiger partial charge in [0.05, 0.1) is 0 Å². The van der Waals surface area contributed by atoms with E-state index in [1.54, 1.807) is 7.11 Å². The number of carbonyl (C=O) groups excluding carboxylic acids is 1. The Labute approximate surface area is 79.5 Å². The number of hydrogen-bond donors (Lipinski definition) is 0. The summed E-state index contributed by atoms with van der Waals surface area (Å²) in [6.45, 7) is 3.73. The van der Waals surface area contributed by atoms with Gasteiger partial charge in [0, 0.05) is 7.11 Å². The summed E-state index contributed by atoms with van der Waals surface area (Å²) in [6.07, 6.45) is 1.41. The van der Waals surface area contributed by atoms with E-state index in [1.807, 2.05) is 13.8 Å². The van der Waals surface area contributed by atoms with Gasteiger partial charge >= 0.3 is 0 Å². The lowest BCUT2D eigenvalue weighted by Gasteiger charge is -2.18. The van der Waals surface area contributed by atoms with Gasteiger partial charge in [-0.25, -0.2) is 4.79 Å². The van der Waals surface area contributed by atoms with E-state index in [0.717, 1.165) is 0 Å². The smallest absolute Gasteiger partial charge is 0.242 e. The van der Waals surface area contributed by atoms with Crippen molar-refractivity contribution in [2.24, 2.45) is 4.99 Å². The van der Waals surface area contributed by atoms with Crippen LogP contribution in [0.2, 0.25) is 0 Å². The molecule has 0 N–H and O–H groups in total. The SMILES string of the molecule is COC(C)(C)c1nnc(N=C=O)s1. The first-order valence-corrected chi connectivity index (χ1v) is 4.39. The summed E-state index contributed by atoms with van der Waals surface area (Å²) >= 11 is 1.21. The lowest BCUT2D eigenvalue weighted by Crippen LogP contribution is -2.18. The molecular weight excluding hydrogens is 190 g/mol. The average Bonchev–Trinajstić information content (AvgIpc) is 2.54. The molecule has 1 aromatic heterocycles. The normalized spacial score (nSPS) is 11.0. The van der Waals surface area contributed by atoms with Crippen molar-refractivity contribution < 1.29 is 9.53 Å². The number of aliphatic imine (C=N–C) groups is 1. The summed E-state index contributed by atoms with van der Waals surface area (Å²) in [6, 6.07) is 0. The highest BCUT2D eigenvalue weighted by atomic mass is 32.1. The third-order valence-electron chi connectivity index (χ3n) is 1.58. The fraction of sp³-hybridized carbons (Fsp3) is 0.571. The Kier molecular flexibility index (Phi) is 2.87. The zero-order valence-electron chi connectivity index (χ0n) is 7.57. The van der Waals surface area contributed by atoms with Gasteiger partial charge in [-0.05, 0) is 13.8 Å². The highest BCUT2D eigenvalue weighted by Gasteiger charge is 2.24. The van der Waals surface area contributed by atoms with Crippen molar-refractivity contribution in [2.45, 2.75) is 19.4 Å². The van der Waals surface area contributed by atoms with E-state index in [9.17, 15) is 4.79 Å². The summed E-state index contributed by atoms with van der Waals surface area (Å²) in [5, 5.41) is 8.51. The molecule has 1 aromatic rings.